The molecule has 0 aliphatic rings. The molecule has 0 saturated heterocycles. The fourth-order valence-electron chi connectivity index (χ4n) is 3.16. The highest BCUT2D eigenvalue weighted by Gasteiger charge is 2.17. The number of carbonyl (C=O) groups excluding carboxylic acids is 1. The van der Waals surface area contributed by atoms with E-state index in [0.29, 0.717) is 22.6 Å². The lowest BCUT2D eigenvalue weighted by molar-refractivity contribution is -0.118. The summed E-state index contributed by atoms with van der Waals surface area (Å²) >= 11 is 0. The van der Waals surface area contributed by atoms with Gasteiger partial charge < -0.3 is 10.1 Å². The Labute approximate surface area is 205 Å². The summed E-state index contributed by atoms with van der Waals surface area (Å²) in [6.45, 7) is 3.24. The topological polar surface area (TPSA) is 131 Å². The van der Waals surface area contributed by atoms with Crippen molar-refractivity contribution >= 4 is 31.6 Å². The summed E-state index contributed by atoms with van der Waals surface area (Å²) < 4.78 is 59.6. The first-order chi connectivity index (χ1) is 16.5. The quantitative estimate of drug-likeness (QED) is 0.379. The maximum atomic E-state index is 12.6. The molecule has 0 fully saturated rings. The van der Waals surface area contributed by atoms with Crippen LogP contribution in [0, 0.1) is 13.8 Å². The molecule has 3 rings (SSSR count). The first-order valence-corrected chi connectivity index (χ1v) is 13.6. The van der Waals surface area contributed by atoms with Crippen LogP contribution in [0.2, 0.25) is 0 Å². The Morgan fingerprint density at radius 3 is 2.14 bits per heavy atom. The van der Waals surface area contributed by atoms with Gasteiger partial charge in [0.15, 0.2) is 6.61 Å². The zero-order valence-corrected chi connectivity index (χ0v) is 21.2. The van der Waals surface area contributed by atoms with Crippen LogP contribution in [0.1, 0.15) is 16.7 Å². The number of aryl methyl sites for hydroxylation is 2. The molecule has 0 bridgehead atoms. The fourth-order valence-corrected chi connectivity index (χ4v) is 5.02. The van der Waals surface area contributed by atoms with Gasteiger partial charge in [-0.1, -0.05) is 36.4 Å². The van der Waals surface area contributed by atoms with Crippen LogP contribution in [-0.4, -0.2) is 36.4 Å². The van der Waals surface area contributed by atoms with Crippen molar-refractivity contribution < 1.29 is 26.4 Å². The maximum absolute atomic E-state index is 12.6. The van der Waals surface area contributed by atoms with Crippen LogP contribution in [0.4, 0.5) is 5.69 Å². The number of anilines is 1. The minimum atomic E-state index is -3.73. The van der Waals surface area contributed by atoms with Gasteiger partial charge in [0.05, 0.1) is 9.79 Å². The number of ether oxygens (including phenoxy) is 1. The number of carbonyl (C=O) groups is 1. The highest BCUT2D eigenvalue weighted by atomic mass is 32.2. The summed E-state index contributed by atoms with van der Waals surface area (Å²) in [4.78, 5) is 12.5. The highest BCUT2D eigenvalue weighted by molar-refractivity contribution is 7.89. The van der Waals surface area contributed by atoms with Crippen molar-refractivity contribution in [2.24, 2.45) is 0 Å². The Kier molecular flexibility index (Phi) is 8.28. The highest BCUT2D eigenvalue weighted by Crippen LogP contribution is 2.23. The van der Waals surface area contributed by atoms with Gasteiger partial charge in [-0.2, -0.15) is 0 Å². The number of benzene rings is 3. The minimum Gasteiger partial charge on any atom is -0.483 e. The van der Waals surface area contributed by atoms with Crippen molar-refractivity contribution in [3.63, 3.8) is 0 Å². The van der Waals surface area contributed by atoms with Gasteiger partial charge in [0.1, 0.15) is 5.75 Å². The molecule has 0 atom stereocenters. The lowest BCUT2D eigenvalue weighted by Crippen LogP contribution is -2.23. The summed E-state index contributed by atoms with van der Waals surface area (Å²) in [6, 6.07) is 17.9. The first kappa shape index (κ1) is 26.4. The zero-order chi connectivity index (χ0) is 25.6. The number of amides is 1. The lowest BCUT2D eigenvalue weighted by atomic mass is 10.2. The molecule has 3 aromatic rings. The summed E-state index contributed by atoms with van der Waals surface area (Å²) in [5.74, 6) is -0.141. The number of nitrogens with one attached hydrogen (secondary N) is 3. The van der Waals surface area contributed by atoms with Crippen molar-refractivity contribution in [3.05, 3.63) is 83.4 Å². The molecule has 3 N–H and O–H groups in total. The van der Waals surface area contributed by atoms with Crippen LogP contribution in [0.25, 0.3) is 0 Å². The second kappa shape index (κ2) is 11.0. The summed E-state index contributed by atoms with van der Waals surface area (Å²) in [5.41, 5.74) is 2.40. The molecule has 0 spiro atoms. The van der Waals surface area contributed by atoms with E-state index in [1.807, 2.05) is 30.3 Å². The second-order valence-corrected chi connectivity index (χ2v) is 11.4. The summed E-state index contributed by atoms with van der Waals surface area (Å²) in [6.07, 6.45) is 0. The monoisotopic (exact) mass is 517 g/mol. The van der Waals surface area contributed by atoms with E-state index in [9.17, 15) is 21.6 Å². The Hall–Kier alpha value is -3.25. The molecule has 0 aliphatic heterocycles. The normalized spacial score (nSPS) is 11.7. The number of rotatable bonds is 10. The van der Waals surface area contributed by atoms with Gasteiger partial charge in [0.2, 0.25) is 20.0 Å². The van der Waals surface area contributed by atoms with Gasteiger partial charge in [-0.05, 0) is 67.9 Å². The molecule has 11 heteroatoms. The van der Waals surface area contributed by atoms with Crippen molar-refractivity contribution in [1.29, 1.82) is 0 Å². The Morgan fingerprint density at radius 1 is 0.829 bits per heavy atom. The molecule has 0 unspecified atom stereocenters. The van der Waals surface area contributed by atoms with Crippen LogP contribution < -0.4 is 19.5 Å². The molecule has 3 aromatic carbocycles. The van der Waals surface area contributed by atoms with Gasteiger partial charge in [-0.25, -0.2) is 26.3 Å². The van der Waals surface area contributed by atoms with Gasteiger partial charge in [0, 0.05) is 12.2 Å². The van der Waals surface area contributed by atoms with Crippen LogP contribution >= 0.6 is 0 Å². The van der Waals surface area contributed by atoms with Crippen molar-refractivity contribution in [3.8, 4) is 5.75 Å². The van der Waals surface area contributed by atoms with E-state index in [-0.39, 0.29) is 22.9 Å². The Balaban J connectivity index is 1.63. The molecule has 186 valence electrons. The number of hydrogen-bond acceptors (Lipinski definition) is 6. The van der Waals surface area contributed by atoms with Crippen LogP contribution in [0.15, 0.2) is 76.5 Å². The predicted molar refractivity (Wildman–Crippen MR) is 133 cm³/mol. The smallest absolute Gasteiger partial charge is 0.262 e. The second-order valence-electron chi connectivity index (χ2n) is 7.76. The SMILES string of the molecule is CNS(=O)(=O)c1ccc(C)c(NC(=O)COc2ccc(S(=O)(=O)NCc3ccccc3)cc2C)c1. The Bertz CT molecular complexity index is 1420. The first-order valence-electron chi connectivity index (χ1n) is 10.6. The third-order valence-electron chi connectivity index (χ3n) is 5.19. The van der Waals surface area contributed by atoms with Crippen molar-refractivity contribution in [1.82, 2.24) is 9.44 Å². The minimum absolute atomic E-state index is 0.0235. The zero-order valence-electron chi connectivity index (χ0n) is 19.5. The largest absolute Gasteiger partial charge is 0.483 e. The molecule has 0 radical (unpaired) electrons. The fraction of sp³-hybridized carbons (Fsp3) is 0.208. The summed E-state index contributed by atoms with van der Waals surface area (Å²) in [7, 11) is -6.08. The van der Waals surface area contributed by atoms with E-state index in [1.54, 1.807) is 19.9 Å². The van der Waals surface area contributed by atoms with Crippen LogP contribution in [-0.2, 0) is 31.4 Å². The van der Waals surface area contributed by atoms with E-state index in [4.69, 9.17) is 4.74 Å². The van der Waals surface area contributed by atoms with Gasteiger partial charge in [0.25, 0.3) is 5.91 Å². The average molecular weight is 518 g/mol. The van der Waals surface area contributed by atoms with Gasteiger partial charge in [-0.3, -0.25) is 4.79 Å². The molecule has 0 aromatic heterocycles. The molecule has 35 heavy (non-hydrogen) atoms. The van der Waals surface area contributed by atoms with Crippen molar-refractivity contribution in [2.75, 3.05) is 19.0 Å². The molecule has 0 saturated carbocycles. The molecule has 0 heterocycles. The molecule has 9 nitrogen and oxygen atoms in total. The molecular formula is C24H27N3O6S2. The third-order valence-corrected chi connectivity index (χ3v) is 8.00. The maximum Gasteiger partial charge on any atom is 0.262 e. The van der Waals surface area contributed by atoms with E-state index >= 15 is 0 Å². The van der Waals surface area contributed by atoms with E-state index in [2.05, 4.69) is 14.8 Å². The van der Waals surface area contributed by atoms with Crippen LogP contribution in [0.3, 0.4) is 0 Å². The Morgan fingerprint density at radius 2 is 1.49 bits per heavy atom. The molecular weight excluding hydrogens is 490 g/mol. The average Bonchev–Trinajstić information content (AvgIpc) is 2.84. The van der Waals surface area contributed by atoms with Crippen molar-refractivity contribution in [2.45, 2.75) is 30.2 Å². The molecule has 0 aliphatic carbocycles. The lowest BCUT2D eigenvalue weighted by Gasteiger charge is -2.13. The summed E-state index contributed by atoms with van der Waals surface area (Å²) in [5, 5.41) is 2.64. The van der Waals surface area contributed by atoms with E-state index in [0.717, 1.165) is 5.56 Å². The van der Waals surface area contributed by atoms with E-state index < -0.39 is 26.0 Å². The molecule has 1 amide bonds. The standard InChI is InChI=1S/C24H27N3O6S2/c1-17-9-10-21(34(29,30)25-3)14-22(17)27-24(28)16-33-23-12-11-20(13-18(23)2)35(31,32)26-15-19-7-5-4-6-8-19/h4-14,25-26H,15-16H2,1-3H3,(H,27,28). The predicted octanol–water partition coefficient (Wildman–Crippen LogP) is 2.71. The van der Waals surface area contributed by atoms with Crippen LogP contribution in [0.5, 0.6) is 5.75 Å². The number of sulfonamides is 2. The third kappa shape index (κ3) is 6.89. The number of hydrogen-bond donors (Lipinski definition) is 3. The van der Waals surface area contributed by atoms with Gasteiger partial charge >= 0.3 is 0 Å². The van der Waals surface area contributed by atoms with E-state index in [1.165, 1.54) is 37.4 Å². The van der Waals surface area contributed by atoms with Gasteiger partial charge in [-0.15, -0.1) is 0 Å².